The molecule has 0 radical (unpaired) electrons. The van der Waals surface area contributed by atoms with Crippen molar-refractivity contribution in [2.45, 2.75) is 13.3 Å². The van der Waals surface area contributed by atoms with Crippen molar-refractivity contribution in [2.24, 2.45) is 11.7 Å². The lowest BCUT2D eigenvalue weighted by atomic mass is 10.1. The van der Waals surface area contributed by atoms with Gasteiger partial charge in [0.05, 0.1) is 6.26 Å². The summed E-state index contributed by atoms with van der Waals surface area (Å²) in [6.45, 7) is 5.11. The molecule has 17 heavy (non-hydrogen) atoms. The minimum atomic E-state index is -3.06. The van der Waals surface area contributed by atoms with Gasteiger partial charge >= 0.3 is 0 Å². The monoisotopic (exact) mass is 263 g/mol. The Kier molecular flexibility index (Phi) is 4.91. The van der Waals surface area contributed by atoms with Gasteiger partial charge in [-0.2, -0.15) is 4.31 Å². The van der Waals surface area contributed by atoms with Crippen LogP contribution in [0.2, 0.25) is 0 Å². The van der Waals surface area contributed by atoms with E-state index in [1.54, 1.807) is 0 Å². The number of nitrogens with two attached hydrogens (primary N) is 1. The molecule has 0 spiro atoms. The fourth-order valence-electron chi connectivity index (χ4n) is 1.80. The van der Waals surface area contributed by atoms with Crippen molar-refractivity contribution in [2.75, 3.05) is 39.0 Å². The van der Waals surface area contributed by atoms with Gasteiger partial charge in [-0.3, -0.25) is 4.79 Å². The van der Waals surface area contributed by atoms with E-state index >= 15 is 0 Å². The summed E-state index contributed by atoms with van der Waals surface area (Å²) in [5.74, 6) is -0.400. The third-order valence-corrected chi connectivity index (χ3v) is 4.47. The van der Waals surface area contributed by atoms with Gasteiger partial charge in [0.1, 0.15) is 0 Å². The molecule has 2 N–H and O–H groups in total. The van der Waals surface area contributed by atoms with Gasteiger partial charge in [-0.15, -0.1) is 0 Å². The summed E-state index contributed by atoms with van der Waals surface area (Å²) in [6, 6.07) is 0. The summed E-state index contributed by atoms with van der Waals surface area (Å²) in [5.41, 5.74) is 5.19. The molecule has 0 aliphatic carbocycles. The van der Waals surface area contributed by atoms with E-state index in [-0.39, 0.29) is 11.8 Å². The van der Waals surface area contributed by atoms with Crippen molar-refractivity contribution < 1.29 is 13.2 Å². The lowest BCUT2D eigenvalue weighted by Crippen LogP contribution is -2.48. The second-order valence-electron chi connectivity index (χ2n) is 4.60. The van der Waals surface area contributed by atoms with Crippen LogP contribution in [0, 0.1) is 5.92 Å². The SMILES string of the molecule is CC(CCN1CCN(S(C)(=O)=O)CC1)C(N)=O. The highest BCUT2D eigenvalue weighted by Crippen LogP contribution is 2.08. The second kappa shape index (κ2) is 5.79. The number of hydrogen-bond acceptors (Lipinski definition) is 4. The molecule has 1 aliphatic rings. The molecule has 1 aliphatic heterocycles. The number of amides is 1. The maximum Gasteiger partial charge on any atom is 0.220 e. The molecule has 1 atom stereocenters. The first-order chi connectivity index (χ1) is 7.80. The molecule has 0 aromatic carbocycles. The quantitative estimate of drug-likeness (QED) is 0.695. The van der Waals surface area contributed by atoms with Crippen LogP contribution in [0.25, 0.3) is 0 Å². The van der Waals surface area contributed by atoms with Crippen molar-refractivity contribution in [3.63, 3.8) is 0 Å². The van der Waals surface area contributed by atoms with Crippen LogP contribution in [0.4, 0.5) is 0 Å². The zero-order chi connectivity index (χ0) is 13.1. The van der Waals surface area contributed by atoms with Crippen LogP contribution >= 0.6 is 0 Å². The molecule has 1 fully saturated rings. The molecular weight excluding hydrogens is 242 g/mol. The molecule has 0 bridgehead atoms. The second-order valence-corrected chi connectivity index (χ2v) is 6.58. The normalized spacial score (nSPS) is 21.3. The zero-order valence-corrected chi connectivity index (χ0v) is 11.2. The van der Waals surface area contributed by atoms with Crippen LogP contribution < -0.4 is 5.73 Å². The van der Waals surface area contributed by atoms with Gasteiger partial charge in [-0.05, 0) is 13.0 Å². The van der Waals surface area contributed by atoms with E-state index in [1.807, 2.05) is 6.92 Å². The first kappa shape index (κ1) is 14.4. The summed E-state index contributed by atoms with van der Waals surface area (Å²) >= 11 is 0. The molecule has 1 rings (SSSR count). The number of rotatable bonds is 5. The lowest BCUT2D eigenvalue weighted by molar-refractivity contribution is -0.121. The molecule has 1 saturated heterocycles. The standard InChI is InChI=1S/C10H21N3O3S/c1-9(10(11)14)3-4-12-5-7-13(8-6-12)17(2,15)16/h9H,3-8H2,1-2H3,(H2,11,14). The van der Waals surface area contributed by atoms with E-state index in [1.165, 1.54) is 10.6 Å². The average molecular weight is 263 g/mol. The summed E-state index contributed by atoms with van der Waals surface area (Å²) in [6.07, 6.45) is 1.96. The van der Waals surface area contributed by atoms with Crippen LogP contribution in [0.3, 0.4) is 0 Å². The number of piperazine rings is 1. The molecule has 1 heterocycles. The Morgan fingerprint density at radius 2 is 1.82 bits per heavy atom. The predicted molar refractivity (Wildman–Crippen MR) is 65.8 cm³/mol. The summed E-state index contributed by atoms with van der Waals surface area (Å²) in [7, 11) is -3.06. The van der Waals surface area contributed by atoms with Gasteiger partial charge in [-0.1, -0.05) is 6.92 Å². The van der Waals surface area contributed by atoms with E-state index in [4.69, 9.17) is 5.73 Å². The Morgan fingerprint density at radius 1 is 1.29 bits per heavy atom. The molecule has 7 heteroatoms. The fourth-order valence-corrected chi connectivity index (χ4v) is 2.63. The minimum Gasteiger partial charge on any atom is -0.369 e. The van der Waals surface area contributed by atoms with Gasteiger partial charge in [0.2, 0.25) is 15.9 Å². The Bertz CT molecular complexity index is 361. The van der Waals surface area contributed by atoms with Crippen molar-refractivity contribution in [1.82, 2.24) is 9.21 Å². The molecule has 1 unspecified atom stereocenters. The van der Waals surface area contributed by atoms with Gasteiger partial charge in [0.15, 0.2) is 0 Å². The topological polar surface area (TPSA) is 83.7 Å². The first-order valence-corrected chi connectivity index (χ1v) is 7.62. The lowest BCUT2D eigenvalue weighted by Gasteiger charge is -2.33. The van der Waals surface area contributed by atoms with Crippen molar-refractivity contribution >= 4 is 15.9 Å². The molecule has 6 nitrogen and oxygen atoms in total. The molecular formula is C10H21N3O3S. The van der Waals surface area contributed by atoms with Crippen LogP contribution in [-0.2, 0) is 14.8 Å². The van der Waals surface area contributed by atoms with Crippen LogP contribution in [0.1, 0.15) is 13.3 Å². The van der Waals surface area contributed by atoms with Crippen molar-refractivity contribution in [3.8, 4) is 0 Å². The smallest absolute Gasteiger partial charge is 0.220 e. The molecule has 0 saturated carbocycles. The van der Waals surface area contributed by atoms with Crippen LogP contribution in [0.15, 0.2) is 0 Å². The molecule has 0 aromatic heterocycles. The Hall–Kier alpha value is -0.660. The molecule has 100 valence electrons. The van der Waals surface area contributed by atoms with Crippen LogP contribution in [0.5, 0.6) is 0 Å². The maximum absolute atomic E-state index is 11.3. The highest BCUT2D eigenvalue weighted by molar-refractivity contribution is 7.88. The number of nitrogens with zero attached hydrogens (tertiary/aromatic N) is 2. The number of primary amides is 1. The average Bonchev–Trinajstić information content (AvgIpc) is 2.25. The van der Waals surface area contributed by atoms with E-state index in [2.05, 4.69) is 4.90 Å². The third-order valence-electron chi connectivity index (χ3n) is 3.16. The molecule has 0 aromatic rings. The van der Waals surface area contributed by atoms with Crippen LogP contribution in [-0.4, -0.2) is 62.5 Å². The van der Waals surface area contributed by atoms with Crippen molar-refractivity contribution in [1.29, 1.82) is 0 Å². The summed E-state index contributed by atoms with van der Waals surface area (Å²) in [4.78, 5) is 13.0. The zero-order valence-electron chi connectivity index (χ0n) is 10.4. The van der Waals surface area contributed by atoms with E-state index < -0.39 is 10.0 Å². The van der Waals surface area contributed by atoms with Crippen molar-refractivity contribution in [3.05, 3.63) is 0 Å². The molecule has 1 amide bonds. The highest BCUT2D eigenvalue weighted by Gasteiger charge is 2.23. The largest absolute Gasteiger partial charge is 0.369 e. The predicted octanol–water partition coefficient (Wildman–Crippen LogP) is -0.925. The van der Waals surface area contributed by atoms with Gasteiger partial charge in [-0.25, -0.2) is 8.42 Å². The Labute approximate surface area is 103 Å². The van der Waals surface area contributed by atoms with E-state index in [0.29, 0.717) is 13.1 Å². The Balaban J connectivity index is 2.31. The highest BCUT2D eigenvalue weighted by atomic mass is 32.2. The first-order valence-electron chi connectivity index (χ1n) is 5.77. The van der Waals surface area contributed by atoms with Gasteiger partial charge in [0.25, 0.3) is 0 Å². The summed E-state index contributed by atoms with van der Waals surface area (Å²) < 4.78 is 24.1. The number of carbonyl (C=O) groups is 1. The third kappa shape index (κ3) is 4.61. The maximum atomic E-state index is 11.3. The van der Waals surface area contributed by atoms with E-state index in [9.17, 15) is 13.2 Å². The number of hydrogen-bond donors (Lipinski definition) is 1. The minimum absolute atomic E-state index is 0.122. The summed E-state index contributed by atoms with van der Waals surface area (Å²) in [5, 5.41) is 0. The van der Waals surface area contributed by atoms with Gasteiger partial charge in [0, 0.05) is 32.1 Å². The van der Waals surface area contributed by atoms with E-state index in [0.717, 1.165) is 26.1 Å². The fraction of sp³-hybridized carbons (Fsp3) is 0.900. The van der Waals surface area contributed by atoms with Gasteiger partial charge < -0.3 is 10.6 Å². The number of carbonyl (C=O) groups excluding carboxylic acids is 1. The Morgan fingerprint density at radius 3 is 2.24 bits per heavy atom. The number of sulfonamides is 1.